The van der Waals surface area contributed by atoms with E-state index in [1.165, 1.54) is 0 Å². The van der Waals surface area contributed by atoms with Gasteiger partial charge in [-0.2, -0.15) is 0 Å². The molecule has 1 aliphatic carbocycles. The second-order valence-electron chi connectivity index (χ2n) is 5.79. The third kappa shape index (κ3) is 2.59. The van der Waals surface area contributed by atoms with Gasteiger partial charge in [-0.1, -0.05) is 65.1 Å². The highest BCUT2D eigenvalue weighted by atomic mass is 79.9. The van der Waals surface area contributed by atoms with E-state index >= 15 is 0 Å². The quantitative estimate of drug-likeness (QED) is 0.630. The van der Waals surface area contributed by atoms with E-state index in [0.717, 1.165) is 22.3 Å². The molecule has 2 nitrogen and oxygen atoms in total. The lowest BCUT2D eigenvalue weighted by atomic mass is 10.1. The molecule has 20 heavy (non-hydrogen) atoms. The molecule has 0 N–H and O–H groups in total. The number of rotatable bonds is 2. The molecule has 3 rings (SSSR count). The molecule has 0 bridgehead atoms. The standard InChI is InChI=1S/C15H13BrCl2N2/c1-15(2)7-10(15)14-19-12(17)11(13(18)20-14)8-4-3-5-9(16)6-8/h3-6,10H,7H2,1-2H3. The molecule has 0 spiro atoms. The van der Waals surface area contributed by atoms with Crippen LogP contribution in [-0.4, -0.2) is 9.97 Å². The summed E-state index contributed by atoms with van der Waals surface area (Å²) in [4.78, 5) is 8.90. The van der Waals surface area contributed by atoms with Crippen LogP contribution in [0.4, 0.5) is 0 Å². The van der Waals surface area contributed by atoms with Gasteiger partial charge in [0.1, 0.15) is 16.1 Å². The molecule has 0 radical (unpaired) electrons. The first-order valence-electron chi connectivity index (χ1n) is 6.37. The van der Waals surface area contributed by atoms with Crippen molar-refractivity contribution in [3.05, 3.63) is 44.9 Å². The number of halogens is 3. The van der Waals surface area contributed by atoms with Gasteiger partial charge < -0.3 is 0 Å². The molecule has 0 amide bonds. The Morgan fingerprint density at radius 3 is 2.30 bits per heavy atom. The van der Waals surface area contributed by atoms with Crippen LogP contribution in [0.1, 0.15) is 32.0 Å². The van der Waals surface area contributed by atoms with Gasteiger partial charge in [0.05, 0.1) is 5.56 Å². The molecule has 1 heterocycles. The van der Waals surface area contributed by atoms with Crippen LogP contribution in [0.2, 0.25) is 10.3 Å². The fourth-order valence-electron chi connectivity index (χ4n) is 2.37. The van der Waals surface area contributed by atoms with Gasteiger partial charge in [0.25, 0.3) is 0 Å². The largest absolute Gasteiger partial charge is 0.220 e. The van der Waals surface area contributed by atoms with Crippen LogP contribution in [0.25, 0.3) is 11.1 Å². The van der Waals surface area contributed by atoms with Crippen LogP contribution in [0, 0.1) is 5.41 Å². The highest BCUT2D eigenvalue weighted by Gasteiger charge is 2.48. The van der Waals surface area contributed by atoms with Crippen molar-refractivity contribution >= 4 is 39.1 Å². The van der Waals surface area contributed by atoms with Gasteiger partial charge in [-0.05, 0) is 29.5 Å². The molecule has 1 unspecified atom stereocenters. The summed E-state index contributed by atoms with van der Waals surface area (Å²) in [6.45, 7) is 4.40. The van der Waals surface area contributed by atoms with Crippen LogP contribution in [-0.2, 0) is 0 Å². The summed E-state index contributed by atoms with van der Waals surface area (Å²) in [5.74, 6) is 1.11. The van der Waals surface area contributed by atoms with Crippen molar-refractivity contribution in [2.75, 3.05) is 0 Å². The zero-order valence-corrected chi connectivity index (χ0v) is 14.2. The first-order valence-corrected chi connectivity index (χ1v) is 7.92. The van der Waals surface area contributed by atoms with E-state index in [4.69, 9.17) is 23.2 Å². The van der Waals surface area contributed by atoms with Crippen molar-refractivity contribution in [3.8, 4) is 11.1 Å². The van der Waals surface area contributed by atoms with Gasteiger partial charge in [0, 0.05) is 10.4 Å². The molecule has 1 saturated carbocycles. The Morgan fingerprint density at radius 2 is 1.80 bits per heavy atom. The average Bonchev–Trinajstić information content (AvgIpc) is 2.97. The van der Waals surface area contributed by atoms with Crippen molar-refractivity contribution in [1.29, 1.82) is 0 Å². The maximum atomic E-state index is 6.34. The lowest BCUT2D eigenvalue weighted by Crippen LogP contribution is -2.00. The highest BCUT2D eigenvalue weighted by molar-refractivity contribution is 9.10. The Hall–Kier alpha value is -0.640. The molecule has 5 heteroatoms. The fourth-order valence-corrected chi connectivity index (χ4v) is 3.39. The topological polar surface area (TPSA) is 25.8 Å². The maximum absolute atomic E-state index is 6.34. The van der Waals surface area contributed by atoms with Crippen LogP contribution in [0.5, 0.6) is 0 Å². The first kappa shape index (κ1) is 14.3. The van der Waals surface area contributed by atoms with Gasteiger partial charge in [-0.15, -0.1) is 0 Å². The van der Waals surface area contributed by atoms with Crippen LogP contribution < -0.4 is 0 Å². The van der Waals surface area contributed by atoms with Crippen molar-refractivity contribution in [2.45, 2.75) is 26.2 Å². The van der Waals surface area contributed by atoms with Gasteiger partial charge in [0.2, 0.25) is 0 Å². The molecular formula is C15H13BrCl2N2. The third-order valence-corrected chi connectivity index (χ3v) is 4.82. The lowest BCUT2D eigenvalue weighted by molar-refractivity contribution is 0.608. The minimum atomic E-state index is 0.254. The Morgan fingerprint density at radius 1 is 1.20 bits per heavy atom. The summed E-state index contributed by atoms with van der Waals surface area (Å²) < 4.78 is 0.967. The minimum absolute atomic E-state index is 0.254. The summed E-state index contributed by atoms with van der Waals surface area (Å²) in [6.07, 6.45) is 1.08. The predicted molar refractivity (Wildman–Crippen MR) is 86.3 cm³/mol. The number of aromatic nitrogens is 2. The molecule has 1 aliphatic rings. The van der Waals surface area contributed by atoms with E-state index in [-0.39, 0.29) is 5.41 Å². The monoisotopic (exact) mass is 370 g/mol. The molecule has 1 fully saturated rings. The van der Waals surface area contributed by atoms with Crippen LogP contribution in [0.3, 0.4) is 0 Å². The molecule has 2 aromatic rings. The van der Waals surface area contributed by atoms with Gasteiger partial charge in [-0.3, -0.25) is 0 Å². The van der Waals surface area contributed by atoms with Crippen molar-refractivity contribution < 1.29 is 0 Å². The zero-order valence-electron chi connectivity index (χ0n) is 11.1. The lowest BCUT2D eigenvalue weighted by Gasteiger charge is -2.09. The second kappa shape index (κ2) is 4.97. The Balaban J connectivity index is 2.06. The number of benzene rings is 1. The fraction of sp³-hybridized carbons (Fsp3) is 0.333. The predicted octanol–water partition coefficient (Wildman–Crippen LogP) is 5.73. The highest BCUT2D eigenvalue weighted by Crippen LogP contribution is 2.58. The average molecular weight is 372 g/mol. The third-order valence-electron chi connectivity index (χ3n) is 3.78. The summed E-state index contributed by atoms with van der Waals surface area (Å²) in [7, 11) is 0. The smallest absolute Gasteiger partial charge is 0.142 e. The maximum Gasteiger partial charge on any atom is 0.142 e. The normalized spacial score (nSPS) is 19.9. The Labute approximate surface area is 136 Å². The number of hydrogen-bond acceptors (Lipinski definition) is 2. The van der Waals surface area contributed by atoms with E-state index in [0.29, 0.717) is 21.8 Å². The summed E-state index contributed by atoms with van der Waals surface area (Å²) >= 11 is 16.1. The molecule has 104 valence electrons. The van der Waals surface area contributed by atoms with Gasteiger partial charge in [-0.25, -0.2) is 9.97 Å². The number of nitrogens with zero attached hydrogens (tertiary/aromatic N) is 2. The van der Waals surface area contributed by atoms with Crippen LogP contribution >= 0.6 is 39.1 Å². The first-order chi connectivity index (χ1) is 9.38. The van der Waals surface area contributed by atoms with Crippen molar-refractivity contribution in [1.82, 2.24) is 9.97 Å². The van der Waals surface area contributed by atoms with Crippen molar-refractivity contribution in [2.24, 2.45) is 5.41 Å². The van der Waals surface area contributed by atoms with E-state index < -0.39 is 0 Å². The summed E-state index contributed by atoms with van der Waals surface area (Å²) in [6, 6.07) is 7.79. The SMILES string of the molecule is CC1(C)CC1c1nc(Cl)c(-c2cccc(Br)c2)c(Cl)n1. The molecule has 1 aromatic heterocycles. The second-order valence-corrected chi connectivity index (χ2v) is 7.43. The van der Waals surface area contributed by atoms with E-state index in [9.17, 15) is 0 Å². The number of hydrogen-bond donors (Lipinski definition) is 0. The summed E-state index contributed by atoms with van der Waals surface area (Å²) in [5, 5.41) is 0.835. The molecule has 1 aromatic carbocycles. The Kier molecular flexibility index (Phi) is 3.56. The summed E-state index contributed by atoms with van der Waals surface area (Å²) in [5.41, 5.74) is 1.86. The Bertz CT molecular complexity index is 662. The van der Waals surface area contributed by atoms with E-state index in [1.54, 1.807) is 0 Å². The van der Waals surface area contributed by atoms with E-state index in [1.807, 2.05) is 24.3 Å². The van der Waals surface area contributed by atoms with E-state index in [2.05, 4.69) is 39.7 Å². The molecule has 0 aliphatic heterocycles. The van der Waals surface area contributed by atoms with Crippen molar-refractivity contribution in [3.63, 3.8) is 0 Å². The van der Waals surface area contributed by atoms with Crippen LogP contribution in [0.15, 0.2) is 28.7 Å². The van der Waals surface area contributed by atoms with Gasteiger partial charge >= 0.3 is 0 Å². The minimum Gasteiger partial charge on any atom is -0.220 e. The van der Waals surface area contributed by atoms with Gasteiger partial charge in [0.15, 0.2) is 0 Å². The molecule has 0 saturated heterocycles. The molecular weight excluding hydrogens is 359 g/mol. The molecule has 1 atom stereocenters. The zero-order chi connectivity index (χ0) is 14.5.